The van der Waals surface area contributed by atoms with E-state index < -0.39 is 10.0 Å². The zero-order valence-corrected chi connectivity index (χ0v) is 18.6. The van der Waals surface area contributed by atoms with Crippen molar-refractivity contribution in [2.45, 2.75) is 50.6 Å². The van der Waals surface area contributed by atoms with Gasteiger partial charge in [-0.15, -0.1) is 0 Å². The molecule has 0 unspecified atom stereocenters. The van der Waals surface area contributed by atoms with Crippen LogP contribution in [-0.2, 0) is 23.1 Å². The molecule has 2 aliphatic rings. The lowest BCUT2D eigenvalue weighted by Crippen LogP contribution is -2.35. The topological polar surface area (TPSA) is 74.6 Å². The van der Waals surface area contributed by atoms with Crippen molar-refractivity contribution >= 4 is 15.8 Å². The van der Waals surface area contributed by atoms with Crippen LogP contribution in [0.3, 0.4) is 0 Å². The SMILES string of the molecule is CCn1cc(CN2CCCN(c3ccc(S(=O)(=O)N4CCCCC4)cn3)CC2)cn1. The molecule has 2 aromatic rings. The van der Waals surface area contributed by atoms with Gasteiger partial charge in [0.05, 0.1) is 6.20 Å². The van der Waals surface area contributed by atoms with Gasteiger partial charge in [-0.25, -0.2) is 13.4 Å². The Morgan fingerprint density at radius 2 is 1.77 bits per heavy atom. The molecular weight excluding hydrogens is 400 g/mol. The second-order valence-corrected chi connectivity index (χ2v) is 10.1. The van der Waals surface area contributed by atoms with Gasteiger partial charge in [0.2, 0.25) is 10.0 Å². The summed E-state index contributed by atoms with van der Waals surface area (Å²) in [6, 6.07) is 3.58. The van der Waals surface area contributed by atoms with Gasteiger partial charge >= 0.3 is 0 Å². The number of aromatic nitrogens is 3. The van der Waals surface area contributed by atoms with Crippen molar-refractivity contribution in [2.75, 3.05) is 44.2 Å². The number of piperidine rings is 1. The van der Waals surface area contributed by atoms with E-state index >= 15 is 0 Å². The largest absolute Gasteiger partial charge is 0.355 e. The number of hydrogen-bond donors (Lipinski definition) is 0. The molecule has 0 radical (unpaired) electrons. The van der Waals surface area contributed by atoms with Crippen molar-refractivity contribution in [1.82, 2.24) is 24.0 Å². The van der Waals surface area contributed by atoms with Gasteiger partial charge < -0.3 is 4.90 Å². The van der Waals surface area contributed by atoms with E-state index in [2.05, 4.69) is 33.0 Å². The maximum atomic E-state index is 12.8. The molecule has 2 saturated heterocycles. The Labute approximate surface area is 179 Å². The maximum absolute atomic E-state index is 12.8. The van der Waals surface area contributed by atoms with Gasteiger partial charge in [-0.05, 0) is 38.3 Å². The van der Waals surface area contributed by atoms with Crippen LogP contribution in [0.4, 0.5) is 5.82 Å². The molecular formula is C21H32N6O2S. The van der Waals surface area contributed by atoms with Crippen molar-refractivity contribution < 1.29 is 8.42 Å². The summed E-state index contributed by atoms with van der Waals surface area (Å²) in [6.07, 6.45) is 9.64. The number of aryl methyl sites for hydroxylation is 1. The minimum Gasteiger partial charge on any atom is -0.355 e. The molecule has 0 atom stereocenters. The highest BCUT2D eigenvalue weighted by Crippen LogP contribution is 2.22. The molecule has 4 rings (SSSR count). The van der Waals surface area contributed by atoms with Gasteiger partial charge in [-0.2, -0.15) is 9.40 Å². The highest BCUT2D eigenvalue weighted by molar-refractivity contribution is 7.89. The predicted molar refractivity (Wildman–Crippen MR) is 117 cm³/mol. The summed E-state index contributed by atoms with van der Waals surface area (Å²) < 4.78 is 29.2. The molecule has 0 N–H and O–H groups in total. The van der Waals surface area contributed by atoms with Crippen molar-refractivity contribution in [3.8, 4) is 0 Å². The monoisotopic (exact) mass is 432 g/mol. The third-order valence-corrected chi connectivity index (χ3v) is 7.89. The molecule has 0 bridgehead atoms. The first-order chi connectivity index (χ1) is 14.6. The van der Waals surface area contributed by atoms with Crippen molar-refractivity contribution in [3.05, 3.63) is 36.3 Å². The molecule has 8 nitrogen and oxygen atoms in total. The zero-order valence-electron chi connectivity index (χ0n) is 17.8. The summed E-state index contributed by atoms with van der Waals surface area (Å²) in [5.74, 6) is 0.855. The Morgan fingerprint density at radius 3 is 2.47 bits per heavy atom. The molecule has 9 heteroatoms. The zero-order chi connectivity index (χ0) is 21.0. The minimum atomic E-state index is -3.42. The summed E-state index contributed by atoms with van der Waals surface area (Å²) >= 11 is 0. The van der Waals surface area contributed by atoms with E-state index in [9.17, 15) is 8.42 Å². The van der Waals surface area contributed by atoms with Crippen LogP contribution in [0.1, 0.15) is 38.2 Å². The number of pyridine rings is 1. The Hall–Kier alpha value is -1.97. The fourth-order valence-corrected chi connectivity index (χ4v) is 5.71. The standard InChI is InChI=1S/C21H32N6O2S/c1-2-26-18-19(15-23-26)17-24-9-6-10-25(14-13-24)21-8-7-20(16-22-21)30(28,29)27-11-4-3-5-12-27/h7-8,15-16,18H,2-6,9-14,17H2,1H3. The third kappa shape index (κ3) is 4.84. The Kier molecular flexibility index (Phi) is 6.70. The molecule has 164 valence electrons. The lowest BCUT2D eigenvalue weighted by atomic mass is 10.2. The van der Waals surface area contributed by atoms with Crippen LogP contribution >= 0.6 is 0 Å². The molecule has 0 aliphatic carbocycles. The molecule has 0 amide bonds. The highest BCUT2D eigenvalue weighted by atomic mass is 32.2. The first kappa shape index (κ1) is 21.3. The average Bonchev–Trinajstić information content (AvgIpc) is 3.11. The number of anilines is 1. The summed E-state index contributed by atoms with van der Waals surface area (Å²) in [5, 5.41) is 4.36. The normalized spacial score (nSPS) is 19.7. The average molecular weight is 433 g/mol. The Morgan fingerprint density at radius 1 is 0.933 bits per heavy atom. The van der Waals surface area contributed by atoms with E-state index in [4.69, 9.17) is 0 Å². The van der Waals surface area contributed by atoms with Crippen LogP contribution in [0.2, 0.25) is 0 Å². The van der Waals surface area contributed by atoms with Gasteiger partial charge in [0.25, 0.3) is 0 Å². The molecule has 4 heterocycles. The van der Waals surface area contributed by atoms with Gasteiger partial charge in [-0.3, -0.25) is 9.58 Å². The van der Waals surface area contributed by atoms with Crippen LogP contribution in [0.5, 0.6) is 0 Å². The molecule has 2 aromatic heterocycles. The summed E-state index contributed by atoms with van der Waals surface area (Å²) in [7, 11) is -3.42. The lowest BCUT2D eigenvalue weighted by Gasteiger charge is -2.26. The summed E-state index contributed by atoms with van der Waals surface area (Å²) in [4.78, 5) is 9.53. The summed E-state index contributed by atoms with van der Waals surface area (Å²) in [6.45, 7) is 8.92. The fraction of sp³-hybridized carbons (Fsp3) is 0.619. The lowest BCUT2D eigenvalue weighted by molar-refractivity contribution is 0.285. The smallest absolute Gasteiger partial charge is 0.244 e. The van der Waals surface area contributed by atoms with Crippen LogP contribution in [0.25, 0.3) is 0 Å². The molecule has 0 saturated carbocycles. The second-order valence-electron chi connectivity index (χ2n) is 8.14. The first-order valence-corrected chi connectivity index (χ1v) is 12.4. The molecule has 0 aromatic carbocycles. The fourth-order valence-electron chi connectivity index (χ4n) is 4.24. The first-order valence-electron chi connectivity index (χ1n) is 11.0. The second kappa shape index (κ2) is 9.45. The van der Waals surface area contributed by atoms with E-state index in [1.807, 2.05) is 16.9 Å². The quantitative estimate of drug-likeness (QED) is 0.697. The molecule has 30 heavy (non-hydrogen) atoms. The van der Waals surface area contributed by atoms with Gasteiger partial charge in [0, 0.05) is 70.3 Å². The molecule has 2 aliphatic heterocycles. The van der Waals surface area contributed by atoms with E-state index in [1.165, 1.54) is 11.8 Å². The number of nitrogens with zero attached hydrogens (tertiary/aromatic N) is 6. The van der Waals surface area contributed by atoms with E-state index in [0.29, 0.717) is 18.0 Å². The van der Waals surface area contributed by atoms with Gasteiger partial charge in [-0.1, -0.05) is 6.42 Å². The van der Waals surface area contributed by atoms with Crippen molar-refractivity contribution in [1.29, 1.82) is 0 Å². The Balaban J connectivity index is 1.37. The summed E-state index contributed by atoms with van der Waals surface area (Å²) in [5.41, 5.74) is 1.25. The number of sulfonamides is 1. The maximum Gasteiger partial charge on any atom is 0.244 e. The van der Waals surface area contributed by atoms with E-state index in [0.717, 1.165) is 70.8 Å². The van der Waals surface area contributed by atoms with Crippen LogP contribution in [0.15, 0.2) is 35.6 Å². The van der Waals surface area contributed by atoms with Crippen LogP contribution in [0, 0.1) is 0 Å². The van der Waals surface area contributed by atoms with Crippen molar-refractivity contribution in [2.24, 2.45) is 0 Å². The molecule has 2 fully saturated rings. The molecule has 0 spiro atoms. The third-order valence-electron chi connectivity index (χ3n) is 6.00. The van der Waals surface area contributed by atoms with Crippen LogP contribution < -0.4 is 4.90 Å². The minimum absolute atomic E-state index is 0.303. The van der Waals surface area contributed by atoms with E-state index in [-0.39, 0.29) is 0 Å². The van der Waals surface area contributed by atoms with E-state index in [1.54, 1.807) is 10.4 Å². The van der Waals surface area contributed by atoms with Crippen LogP contribution in [-0.4, -0.2) is 71.7 Å². The van der Waals surface area contributed by atoms with Crippen molar-refractivity contribution in [3.63, 3.8) is 0 Å². The predicted octanol–water partition coefficient (Wildman–Crippen LogP) is 2.18. The number of hydrogen-bond acceptors (Lipinski definition) is 6. The van der Waals surface area contributed by atoms with Gasteiger partial charge in [0.15, 0.2) is 0 Å². The Bertz CT molecular complexity index is 921. The highest BCUT2D eigenvalue weighted by Gasteiger charge is 2.26. The van der Waals surface area contributed by atoms with Gasteiger partial charge in [0.1, 0.15) is 10.7 Å². The number of rotatable bonds is 6.